The molecule has 1 fully saturated rings. The van der Waals surface area contributed by atoms with Crippen LogP contribution in [0.2, 0.25) is 0 Å². The highest BCUT2D eigenvalue weighted by Gasteiger charge is 2.39. The molecule has 1 aromatic rings. The molecule has 4 N–H and O–H groups in total. The number of nitrogens with two attached hydrogens (primary N) is 1. The van der Waals surface area contributed by atoms with Crippen molar-refractivity contribution < 1.29 is 19.1 Å². The van der Waals surface area contributed by atoms with Gasteiger partial charge in [-0.05, 0) is 24.7 Å². The number of carbonyl (C=O) groups excluding carboxylic acids is 2. The largest absolute Gasteiger partial charge is 0.422 e. The third kappa shape index (κ3) is 6.26. The Labute approximate surface area is 186 Å². The van der Waals surface area contributed by atoms with Crippen LogP contribution in [-0.4, -0.2) is 56.7 Å². The van der Waals surface area contributed by atoms with Crippen LogP contribution in [0.5, 0.6) is 0 Å². The number of carbonyl (C=O) groups is 2. The summed E-state index contributed by atoms with van der Waals surface area (Å²) in [4.78, 5) is 27.3. The van der Waals surface area contributed by atoms with E-state index < -0.39 is 24.2 Å². The highest BCUT2D eigenvalue weighted by molar-refractivity contribution is 5.90. The number of amides is 2. The van der Waals surface area contributed by atoms with Crippen LogP contribution in [0.15, 0.2) is 4.42 Å². The normalized spacial score (nSPS) is 19.8. The van der Waals surface area contributed by atoms with E-state index in [1.54, 1.807) is 4.90 Å². The molecule has 0 aliphatic carbocycles. The molecule has 1 saturated heterocycles. The minimum Gasteiger partial charge on any atom is -0.422 e. The van der Waals surface area contributed by atoms with Crippen molar-refractivity contribution in [2.24, 2.45) is 17.6 Å². The second kappa shape index (κ2) is 10.5. The van der Waals surface area contributed by atoms with Gasteiger partial charge >= 0.3 is 0 Å². The minimum absolute atomic E-state index is 0. The van der Waals surface area contributed by atoms with E-state index >= 15 is 0 Å². The van der Waals surface area contributed by atoms with E-state index in [0.717, 1.165) is 6.42 Å². The summed E-state index contributed by atoms with van der Waals surface area (Å²) >= 11 is 0. The first kappa shape index (κ1) is 27.0. The first-order valence-electron chi connectivity index (χ1n) is 10.7. The van der Waals surface area contributed by atoms with Crippen LogP contribution >= 0.6 is 0 Å². The van der Waals surface area contributed by atoms with Crippen LogP contribution in [0.1, 0.15) is 86.6 Å². The highest BCUT2D eigenvalue weighted by Crippen LogP contribution is 2.27. The lowest BCUT2D eigenvalue weighted by atomic mass is 9.97. The maximum atomic E-state index is 13.0. The number of aliphatic hydroxyl groups is 1. The molecule has 9 heteroatoms. The smallest absolute Gasteiger partial charge is 0.247 e. The van der Waals surface area contributed by atoms with Gasteiger partial charge in [0, 0.05) is 12.0 Å². The molecular weight excluding hydrogens is 398 g/mol. The Bertz CT molecular complexity index is 741. The molecule has 0 saturated carbocycles. The first-order chi connectivity index (χ1) is 13.8. The zero-order chi connectivity index (χ0) is 22.8. The summed E-state index contributed by atoms with van der Waals surface area (Å²) < 4.78 is 5.66. The van der Waals surface area contributed by atoms with E-state index in [2.05, 4.69) is 15.5 Å². The second-order valence-electron chi connectivity index (χ2n) is 9.88. The van der Waals surface area contributed by atoms with Gasteiger partial charge in [-0.1, -0.05) is 55.9 Å². The maximum Gasteiger partial charge on any atom is 0.247 e. The maximum absolute atomic E-state index is 13.0. The van der Waals surface area contributed by atoms with Crippen molar-refractivity contribution in [3.8, 4) is 0 Å². The van der Waals surface area contributed by atoms with Gasteiger partial charge in [0.1, 0.15) is 6.04 Å². The van der Waals surface area contributed by atoms with E-state index in [9.17, 15) is 14.7 Å². The molecule has 4 atom stereocenters. The molecule has 1 aromatic heterocycles. The predicted octanol–water partition coefficient (Wildman–Crippen LogP) is 2.15. The lowest BCUT2D eigenvalue weighted by molar-refractivity contribution is -0.140. The van der Waals surface area contributed by atoms with Gasteiger partial charge in [0.15, 0.2) is 6.10 Å². The third-order valence-corrected chi connectivity index (χ3v) is 5.54. The summed E-state index contributed by atoms with van der Waals surface area (Å²) in [5.74, 6) is -0.138. The molecule has 0 radical (unpaired) electrons. The number of hydrogen-bond donors (Lipinski definition) is 3. The van der Waals surface area contributed by atoms with E-state index in [4.69, 9.17) is 10.2 Å². The van der Waals surface area contributed by atoms with Gasteiger partial charge in [-0.15, -0.1) is 10.2 Å². The van der Waals surface area contributed by atoms with Crippen molar-refractivity contribution in [1.82, 2.24) is 20.4 Å². The van der Waals surface area contributed by atoms with Gasteiger partial charge < -0.3 is 25.5 Å². The van der Waals surface area contributed by atoms with Crippen LogP contribution in [0.3, 0.4) is 0 Å². The minimum atomic E-state index is -1.15. The number of nitrogens with zero attached hydrogens (tertiary/aromatic N) is 3. The molecule has 0 bridgehead atoms. The molecule has 9 nitrogen and oxygen atoms in total. The van der Waals surface area contributed by atoms with E-state index in [0.29, 0.717) is 18.9 Å². The quantitative estimate of drug-likeness (QED) is 0.592. The van der Waals surface area contributed by atoms with Gasteiger partial charge in [0.2, 0.25) is 23.6 Å². The summed E-state index contributed by atoms with van der Waals surface area (Å²) in [6.45, 7) is 13.9. The average molecular weight is 440 g/mol. The Morgan fingerprint density at radius 3 is 2.29 bits per heavy atom. The Morgan fingerprint density at radius 1 is 1.19 bits per heavy atom. The molecule has 178 valence electrons. The standard InChI is InChI=1S/C21H37N5O4.CH4/c1-11(2)14(22)19(29)26-10-8-9-13(26)17(28)23-15(12(3)4)16(27)18-24-25-20(30-18)21(5,6)7;/h11-16,27H,8-10,22H2,1-7H3,(H,23,28);1H4/t13-,14-,15-,16?;/m0./s1. The second-order valence-corrected chi connectivity index (χ2v) is 9.88. The van der Waals surface area contributed by atoms with Crippen molar-refractivity contribution in [2.45, 2.75) is 98.4 Å². The lowest BCUT2D eigenvalue weighted by Crippen LogP contribution is -2.55. The SMILES string of the molecule is C.CC(C)[C@H](NC(=O)[C@@H]1CCCN1C(=O)[C@@H](N)C(C)C)C(O)c1nnc(C(C)(C)C)o1. The van der Waals surface area contributed by atoms with Crippen LogP contribution < -0.4 is 11.1 Å². The van der Waals surface area contributed by atoms with Gasteiger partial charge in [-0.3, -0.25) is 9.59 Å². The van der Waals surface area contributed by atoms with Crippen molar-refractivity contribution in [3.05, 3.63) is 11.8 Å². The fraction of sp³-hybridized carbons (Fsp3) is 0.818. The van der Waals surface area contributed by atoms with E-state index in [1.165, 1.54) is 0 Å². The predicted molar refractivity (Wildman–Crippen MR) is 119 cm³/mol. The Kier molecular flexibility index (Phi) is 9.19. The molecular formula is C22H41N5O4. The first-order valence-corrected chi connectivity index (χ1v) is 10.7. The lowest BCUT2D eigenvalue weighted by Gasteiger charge is -2.31. The topological polar surface area (TPSA) is 135 Å². The number of likely N-dealkylation sites (tertiary alicyclic amines) is 1. The van der Waals surface area contributed by atoms with Crippen LogP contribution in [-0.2, 0) is 15.0 Å². The molecule has 1 unspecified atom stereocenters. The molecule has 0 spiro atoms. The summed E-state index contributed by atoms with van der Waals surface area (Å²) in [5.41, 5.74) is 5.68. The fourth-order valence-corrected chi connectivity index (χ4v) is 3.46. The number of aromatic nitrogens is 2. The number of aliphatic hydroxyl groups excluding tert-OH is 1. The number of hydrogen-bond acceptors (Lipinski definition) is 7. The van der Waals surface area contributed by atoms with Gasteiger partial charge in [-0.2, -0.15) is 0 Å². The average Bonchev–Trinajstić information content (AvgIpc) is 3.32. The summed E-state index contributed by atoms with van der Waals surface area (Å²) in [5, 5.41) is 21.8. The van der Waals surface area contributed by atoms with Crippen LogP contribution in [0, 0.1) is 11.8 Å². The Balaban J connectivity index is 0.00000480. The summed E-state index contributed by atoms with van der Waals surface area (Å²) in [6.07, 6.45) is 0.154. The van der Waals surface area contributed by atoms with Crippen molar-refractivity contribution in [2.75, 3.05) is 6.54 Å². The van der Waals surface area contributed by atoms with Crippen molar-refractivity contribution in [3.63, 3.8) is 0 Å². The monoisotopic (exact) mass is 439 g/mol. The van der Waals surface area contributed by atoms with Gasteiger partial charge in [-0.25, -0.2) is 0 Å². The van der Waals surface area contributed by atoms with Gasteiger partial charge in [0.05, 0.1) is 12.1 Å². The van der Waals surface area contributed by atoms with Gasteiger partial charge in [0.25, 0.3) is 0 Å². The fourth-order valence-electron chi connectivity index (χ4n) is 3.46. The third-order valence-electron chi connectivity index (χ3n) is 5.54. The molecule has 2 heterocycles. The summed E-state index contributed by atoms with van der Waals surface area (Å²) in [7, 11) is 0. The molecule has 0 aromatic carbocycles. The molecule has 2 rings (SSSR count). The zero-order valence-corrected chi connectivity index (χ0v) is 19.2. The zero-order valence-electron chi connectivity index (χ0n) is 19.2. The number of rotatable bonds is 7. The Morgan fingerprint density at radius 2 is 1.81 bits per heavy atom. The molecule has 2 amide bonds. The Hall–Kier alpha value is -2.00. The molecule has 31 heavy (non-hydrogen) atoms. The van der Waals surface area contributed by atoms with E-state index in [-0.39, 0.29) is 42.4 Å². The van der Waals surface area contributed by atoms with Crippen LogP contribution in [0.25, 0.3) is 0 Å². The molecule has 1 aliphatic rings. The van der Waals surface area contributed by atoms with E-state index in [1.807, 2.05) is 48.5 Å². The van der Waals surface area contributed by atoms with Crippen LogP contribution in [0.4, 0.5) is 0 Å². The molecule has 1 aliphatic heterocycles. The summed E-state index contributed by atoms with van der Waals surface area (Å²) in [6, 6.07) is -1.87. The van der Waals surface area contributed by atoms with Crippen molar-refractivity contribution >= 4 is 11.8 Å². The number of nitrogens with one attached hydrogen (secondary N) is 1. The van der Waals surface area contributed by atoms with Crippen molar-refractivity contribution in [1.29, 1.82) is 0 Å². The highest BCUT2D eigenvalue weighted by atomic mass is 16.4.